The summed E-state index contributed by atoms with van der Waals surface area (Å²) in [5.41, 5.74) is 1.06. The summed E-state index contributed by atoms with van der Waals surface area (Å²) in [5, 5.41) is 2.28. The molecular weight excluding hydrogens is 244 g/mol. The molecule has 0 unspecified atom stereocenters. The second kappa shape index (κ2) is 4.53. The molecule has 1 aliphatic heterocycles. The van der Waals surface area contributed by atoms with Crippen LogP contribution < -0.4 is 10.1 Å². The number of amides is 2. The number of benzene rings is 1. The maximum Gasteiger partial charge on any atom is 0.261 e. The van der Waals surface area contributed by atoms with Crippen molar-refractivity contribution >= 4 is 11.8 Å². The number of aromatic nitrogens is 1. The normalized spacial score (nSPS) is 13.7. The lowest BCUT2D eigenvalue weighted by molar-refractivity contribution is -0.119. The van der Waals surface area contributed by atoms with Crippen LogP contribution in [0.2, 0.25) is 0 Å². The van der Waals surface area contributed by atoms with Crippen LogP contribution in [0.5, 0.6) is 11.6 Å². The van der Waals surface area contributed by atoms with Crippen LogP contribution >= 0.6 is 0 Å². The molecule has 19 heavy (non-hydrogen) atoms. The summed E-state index contributed by atoms with van der Waals surface area (Å²) in [6.45, 7) is 0. The van der Waals surface area contributed by atoms with Crippen molar-refractivity contribution in [3.8, 4) is 11.6 Å². The van der Waals surface area contributed by atoms with Crippen LogP contribution in [0.4, 0.5) is 0 Å². The van der Waals surface area contributed by atoms with Gasteiger partial charge in [0, 0.05) is 12.3 Å². The monoisotopic (exact) mass is 254 g/mol. The molecule has 1 aromatic heterocycles. The van der Waals surface area contributed by atoms with E-state index >= 15 is 0 Å². The first-order valence-electron chi connectivity index (χ1n) is 5.79. The van der Waals surface area contributed by atoms with E-state index in [1.54, 1.807) is 42.6 Å². The van der Waals surface area contributed by atoms with E-state index in [0.717, 1.165) is 0 Å². The fourth-order valence-electron chi connectivity index (χ4n) is 1.99. The number of carbonyl (C=O) groups excluding carboxylic acids is 2. The molecule has 5 heteroatoms. The highest BCUT2D eigenvalue weighted by atomic mass is 16.5. The SMILES string of the molecule is O=C1Cc2cccc(Oc3ccccn3)c2C(=O)N1. The number of hydrogen-bond acceptors (Lipinski definition) is 4. The molecule has 0 fully saturated rings. The van der Waals surface area contributed by atoms with E-state index in [2.05, 4.69) is 10.3 Å². The Kier molecular flexibility index (Phi) is 2.72. The zero-order valence-electron chi connectivity index (χ0n) is 9.92. The third-order valence-corrected chi connectivity index (χ3v) is 2.80. The van der Waals surface area contributed by atoms with Crippen molar-refractivity contribution in [3.63, 3.8) is 0 Å². The molecule has 0 saturated carbocycles. The van der Waals surface area contributed by atoms with Crippen LogP contribution in [0.1, 0.15) is 15.9 Å². The summed E-state index contributed by atoms with van der Waals surface area (Å²) in [6.07, 6.45) is 1.79. The number of carbonyl (C=O) groups is 2. The summed E-state index contributed by atoms with van der Waals surface area (Å²) in [5.74, 6) is 0.0760. The second-order valence-electron chi connectivity index (χ2n) is 4.11. The van der Waals surface area contributed by atoms with Crippen LogP contribution in [0.15, 0.2) is 42.6 Å². The third kappa shape index (κ3) is 2.18. The Hall–Kier alpha value is -2.69. The number of pyridine rings is 1. The molecule has 0 bridgehead atoms. The third-order valence-electron chi connectivity index (χ3n) is 2.80. The highest BCUT2D eigenvalue weighted by Gasteiger charge is 2.26. The summed E-state index contributed by atoms with van der Waals surface area (Å²) in [6, 6.07) is 10.5. The Labute approximate surface area is 109 Å². The van der Waals surface area contributed by atoms with E-state index in [9.17, 15) is 9.59 Å². The number of rotatable bonds is 2. The van der Waals surface area contributed by atoms with Gasteiger partial charge in [-0.2, -0.15) is 0 Å². The first-order chi connectivity index (χ1) is 9.24. The zero-order chi connectivity index (χ0) is 13.2. The van der Waals surface area contributed by atoms with Crippen molar-refractivity contribution in [1.29, 1.82) is 0 Å². The number of nitrogens with zero attached hydrogens (tertiary/aromatic N) is 1. The van der Waals surface area contributed by atoms with Crippen molar-refractivity contribution in [2.45, 2.75) is 6.42 Å². The maximum atomic E-state index is 11.9. The number of fused-ring (bicyclic) bond motifs is 1. The van der Waals surface area contributed by atoms with Gasteiger partial charge in [-0.25, -0.2) is 4.98 Å². The fraction of sp³-hybridized carbons (Fsp3) is 0.0714. The van der Waals surface area contributed by atoms with E-state index in [0.29, 0.717) is 22.8 Å². The summed E-state index contributed by atoms with van der Waals surface area (Å²) < 4.78 is 5.60. The quantitative estimate of drug-likeness (QED) is 0.828. The molecule has 2 aromatic rings. The summed E-state index contributed by atoms with van der Waals surface area (Å²) >= 11 is 0. The summed E-state index contributed by atoms with van der Waals surface area (Å²) in [4.78, 5) is 27.2. The molecule has 1 N–H and O–H groups in total. The predicted octanol–water partition coefficient (Wildman–Crippen LogP) is 1.69. The van der Waals surface area contributed by atoms with Gasteiger partial charge >= 0.3 is 0 Å². The fourth-order valence-corrected chi connectivity index (χ4v) is 1.99. The van der Waals surface area contributed by atoms with Crippen molar-refractivity contribution in [2.75, 3.05) is 0 Å². The minimum atomic E-state index is -0.433. The smallest absolute Gasteiger partial charge is 0.261 e. The standard InChI is InChI=1S/C14H10N2O3/c17-11-8-9-4-3-5-10(13(9)14(18)16-11)19-12-6-1-2-7-15-12/h1-7H,8H2,(H,16,17,18). The number of ether oxygens (including phenoxy) is 1. The molecule has 5 nitrogen and oxygen atoms in total. The van der Waals surface area contributed by atoms with E-state index in [4.69, 9.17) is 4.74 Å². The van der Waals surface area contributed by atoms with Gasteiger partial charge in [-0.3, -0.25) is 14.9 Å². The lowest BCUT2D eigenvalue weighted by Crippen LogP contribution is -2.37. The average molecular weight is 254 g/mol. The largest absolute Gasteiger partial charge is 0.438 e. The average Bonchev–Trinajstić information content (AvgIpc) is 2.39. The van der Waals surface area contributed by atoms with Crippen LogP contribution in [-0.4, -0.2) is 16.8 Å². The molecular formula is C14H10N2O3. The van der Waals surface area contributed by atoms with E-state index < -0.39 is 5.91 Å². The summed E-state index contributed by atoms with van der Waals surface area (Å²) in [7, 11) is 0. The van der Waals surface area contributed by atoms with Gasteiger partial charge in [-0.05, 0) is 17.7 Å². The Morgan fingerprint density at radius 3 is 2.79 bits per heavy atom. The Balaban J connectivity index is 2.02. The van der Waals surface area contributed by atoms with Gasteiger partial charge in [-0.1, -0.05) is 18.2 Å². The van der Waals surface area contributed by atoms with E-state index in [1.165, 1.54) is 0 Å². The van der Waals surface area contributed by atoms with Crippen molar-refractivity contribution in [1.82, 2.24) is 10.3 Å². The molecule has 1 aliphatic rings. The lowest BCUT2D eigenvalue weighted by atomic mass is 9.99. The molecule has 2 heterocycles. The molecule has 94 valence electrons. The minimum absolute atomic E-state index is 0.181. The van der Waals surface area contributed by atoms with Gasteiger partial charge < -0.3 is 4.74 Å². The Bertz CT molecular complexity index is 653. The van der Waals surface area contributed by atoms with Crippen LogP contribution in [-0.2, 0) is 11.2 Å². The second-order valence-corrected chi connectivity index (χ2v) is 4.11. The van der Waals surface area contributed by atoms with Crippen LogP contribution in [0.3, 0.4) is 0 Å². The topological polar surface area (TPSA) is 68.3 Å². The molecule has 0 radical (unpaired) electrons. The van der Waals surface area contributed by atoms with Crippen molar-refractivity contribution in [3.05, 3.63) is 53.7 Å². The van der Waals surface area contributed by atoms with Gasteiger partial charge in [-0.15, -0.1) is 0 Å². The zero-order valence-corrected chi connectivity index (χ0v) is 9.92. The number of nitrogens with one attached hydrogen (secondary N) is 1. The Morgan fingerprint density at radius 1 is 1.11 bits per heavy atom. The van der Waals surface area contributed by atoms with Gasteiger partial charge in [0.05, 0.1) is 12.0 Å². The molecule has 0 aliphatic carbocycles. The molecule has 0 saturated heterocycles. The Morgan fingerprint density at radius 2 is 2.00 bits per heavy atom. The first kappa shape index (κ1) is 11.4. The predicted molar refractivity (Wildman–Crippen MR) is 66.9 cm³/mol. The first-order valence-corrected chi connectivity index (χ1v) is 5.79. The molecule has 0 atom stereocenters. The van der Waals surface area contributed by atoms with E-state index in [-0.39, 0.29) is 12.3 Å². The number of imide groups is 1. The van der Waals surface area contributed by atoms with Gasteiger partial charge in [0.15, 0.2) is 0 Å². The number of hydrogen-bond donors (Lipinski definition) is 1. The molecule has 2 amide bonds. The highest BCUT2D eigenvalue weighted by Crippen LogP contribution is 2.28. The van der Waals surface area contributed by atoms with Gasteiger partial charge in [0.1, 0.15) is 5.75 Å². The highest BCUT2D eigenvalue weighted by molar-refractivity contribution is 6.11. The van der Waals surface area contributed by atoms with Crippen LogP contribution in [0, 0.1) is 0 Å². The molecule has 3 rings (SSSR count). The van der Waals surface area contributed by atoms with Crippen molar-refractivity contribution in [2.24, 2.45) is 0 Å². The van der Waals surface area contributed by atoms with E-state index in [1.807, 2.05) is 0 Å². The molecule has 0 spiro atoms. The lowest BCUT2D eigenvalue weighted by Gasteiger charge is -2.18. The minimum Gasteiger partial charge on any atom is -0.438 e. The van der Waals surface area contributed by atoms with Gasteiger partial charge in [0.25, 0.3) is 5.91 Å². The van der Waals surface area contributed by atoms with Gasteiger partial charge in [0.2, 0.25) is 11.8 Å². The molecule has 1 aromatic carbocycles. The van der Waals surface area contributed by atoms with Crippen LogP contribution in [0.25, 0.3) is 0 Å². The maximum absolute atomic E-state index is 11.9. The van der Waals surface area contributed by atoms with Crippen molar-refractivity contribution < 1.29 is 14.3 Å².